The van der Waals surface area contributed by atoms with Crippen molar-refractivity contribution in [3.8, 4) is 5.75 Å². The summed E-state index contributed by atoms with van der Waals surface area (Å²) in [5.74, 6) is -1.50. The van der Waals surface area contributed by atoms with E-state index < -0.39 is 23.7 Å². The number of aliphatic hydroxyl groups is 1. The smallest absolute Gasteiger partial charge is 0.337 e. The quantitative estimate of drug-likeness (QED) is 0.253. The molecule has 0 aromatic heterocycles. The molecule has 1 atom stereocenters. The van der Waals surface area contributed by atoms with Crippen molar-refractivity contribution < 1.29 is 29.0 Å². The van der Waals surface area contributed by atoms with Gasteiger partial charge in [-0.1, -0.05) is 12.1 Å². The van der Waals surface area contributed by atoms with Gasteiger partial charge in [-0.15, -0.1) is 0 Å². The molecule has 8 nitrogen and oxygen atoms in total. The maximum atomic E-state index is 13.1. The van der Waals surface area contributed by atoms with Gasteiger partial charge in [-0.2, -0.15) is 0 Å². The third kappa shape index (κ3) is 5.89. The number of carbonyl (C=O) groups excluding carboxylic acids is 3. The van der Waals surface area contributed by atoms with Crippen molar-refractivity contribution in [3.05, 3.63) is 70.8 Å². The van der Waals surface area contributed by atoms with Crippen LogP contribution >= 0.6 is 0 Å². The molecule has 0 bridgehead atoms. The summed E-state index contributed by atoms with van der Waals surface area (Å²) < 4.78 is 10.4. The van der Waals surface area contributed by atoms with Crippen LogP contribution in [0.25, 0.3) is 5.76 Å². The topological polar surface area (TPSA) is 96.4 Å². The first-order chi connectivity index (χ1) is 16.6. The highest BCUT2D eigenvalue weighted by Crippen LogP contribution is 2.39. The van der Waals surface area contributed by atoms with Gasteiger partial charge in [-0.05, 0) is 82.9 Å². The Morgan fingerprint density at radius 2 is 1.63 bits per heavy atom. The van der Waals surface area contributed by atoms with E-state index in [2.05, 4.69) is 0 Å². The van der Waals surface area contributed by atoms with Crippen molar-refractivity contribution >= 4 is 23.4 Å². The van der Waals surface area contributed by atoms with Gasteiger partial charge in [0.2, 0.25) is 0 Å². The highest BCUT2D eigenvalue weighted by Gasteiger charge is 2.45. The van der Waals surface area contributed by atoms with Crippen molar-refractivity contribution in [3.63, 3.8) is 0 Å². The zero-order valence-electron chi connectivity index (χ0n) is 20.8. The van der Waals surface area contributed by atoms with Gasteiger partial charge in [0.1, 0.15) is 11.5 Å². The summed E-state index contributed by atoms with van der Waals surface area (Å²) in [7, 11) is 5.17. The predicted molar refractivity (Wildman–Crippen MR) is 132 cm³/mol. The number of Topliss-reactive ketones (excluding diaryl/α,β-unsaturated/α-hetero) is 1. The van der Waals surface area contributed by atoms with Crippen LogP contribution in [0, 0.1) is 0 Å². The predicted octanol–water partition coefficient (Wildman–Crippen LogP) is 3.63. The van der Waals surface area contributed by atoms with E-state index in [9.17, 15) is 19.5 Å². The largest absolute Gasteiger partial charge is 0.507 e. The zero-order valence-corrected chi connectivity index (χ0v) is 20.8. The van der Waals surface area contributed by atoms with Gasteiger partial charge in [-0.3, -0.25) is 9.59 Å². The molecule has 0 radical (unpaired) electrons. The molecule has 1 aliphatic heterocycles. The number of ether oxygens (including phenoxy) is 2. The molecule has 0 aliphatic carbocycles. The number of benzene rings is 2. The first kappa shape index (κ1) is 26.0. The van der Waals surface area contributed by atoms with Crippen LogP contribution in [-0.2, 0) is 14.3 Å². The number of carbonyl (C=O) groups is 3. The van der Waals surface area contributed by atoms with Crippen molar-refractivity contribution in [2.24, 2.45) is 0 Å². The number of hydrogen-bond donors (Lipinski definition) is 1. The number of ketones is 1. The first-order valence-corrected chi connectivity index (χ1v) is 11.5. The number of likely N-dealkylation sites (tertiary alicyclic amines) is 1. The number of rotatable bonds is 9. The van der Waals surface area contributed by atoms with E-state index in [0.717, 1.165) is 6.54 Å². The fourth-order valence-electron chi connectivity index (χ4n) is 4.05. The highest BCUT2D eigenvalue weighted by atomic mass is 16.5. The van der Waals surface area contributed by atoms with Gasteiger partial charge in [0.25, 0.3) is 11.7 Å². The normalized spacial score (nSPS) is 17.3. The van der Waals surface area contributed by atoms with E-state index in [1.165, 1.54) is 12.0 Å². The third-order valence-electron chi connectivity index (χ3n) is 5.69. The molecule has 1 amide bonds. The van der Waals surface area contributed by atoms with E-state index in [1.807, 2.05) is 32.8 Å². The average Bonchev–Trinajstić information content (AvgIpc) is 3.08. The van der Waals surface area contributed by atoms with Gasteiger partial charge in [0, 0.05) is 12.1 Å². The number of aliphatic hydroxyl groups excluding tert-OH is 1. The van der Waals surface area contributed by atoms with Crippen molar-refractivity contribution in [1.29, 1.82) is 0 Å². The van der Waals surface area contributed by atoms with E-state index in [4.69, 9.17) is 9.47 Å². The lowest BCUT2D eigenvalue weighted by molar-refractivity contribution is -0.139. The molecule has 1 heterocycles. The van der Waals surface area contributed by atoms with Crippen LogP contribution in [-0.4, -0.2) is 73.0 Å². The summed E-state index contributed by atoms with van der Waals surface area (Å²) in [6, 6.07) is 12.5. The maximum Gasteiger partial charge on any atom is 0.337 e. The van der Waals surface area contributed by atoms with Gasteiger partial charge < -0.3 is 24.4 Å². The molecule has 3 rings (SSSR count). The molecule has 8 heteroatoms. The van der Waals surface area contributed by atoms with Crippen LogP contribution in [0.4, 0.5) is 0 Å². The molecular formula is C27H32N2O6. The minimum Gasteiger partial charge on any atom is -0.507 e. The second-order valence-electron chi connectivity index (χ2n) is 8.95. The van der Waals surface area contributed by atoms with Gasteiger partial charge >= 0.3 is 5.97 Å². The standard InChI is InChI=1S/C27H32N2O6/c1-17(2)35-21-13-11-19(12-14-21)24(30)22-23(18-7-9-20(10-8-18)27(33)34-5)29(26(32)25(22)31)16-6-15-28(3)4/h7-14,17,23,30H,6,15-16H2,1-5H3/b24-22-. The van der Waals surface area contributed by atoms with Gasteiger partial charge in [0.15, 0.2) is 0 Å². The maximum absolute atomic E-state index is 13.1. The fraction of sp³-hybridized carbons (Fsp3) is 0.370. The molecule has 186 valence electrons. The molecule has 1 saturated heterocycles. The molecular weight excluding hydrogens is 448 g/mol. The van der Waals surface area contributed by atoms with Gasteiger partial charge in [0.05, 0.1) is 30.4 Å². The SMILES string of the molecule is COC(=O)c1ccc(C2/C(=C(/O)c3ccc(OC(C)C)cc3)C(=O)C(=O)N2CCCN(C)C)cc1. The summed E-state index contributed by atoms with van der Waals surface area (Å²) >= 11 is 0. The Hall–Kier alpha value is -3.65. The van der Waals surface area contributed by atoms with Crippen LogP contribution in [0.1, 0.15) is 47.8 Å². The van der Waals surface area contributed by atoms with E-state index in [1.54, 1.807) is 48.5 Å². The van der Waals surface area contributed by atoms with Crippen molar-refractivity contribution in [2.45, 2.75) is 32.4 Å². The van der Waals surface area contributed by atoms with Gasteiger partial charge in [-0.25, -0.2) is 4.79 Å². The summed E-state index contributed by atoms with van der Waals surface area (Å²) in [5, 5.41) is 11.2. The Kier molecular flexibility index (Phi) is 8.30. The highest BCUT2D eigenvalue weighted by molar-refractivity contribution is 6.46. The van der Waals surface area contributed by atoms with E-state index in [-0.39, 0.29) is 17.4 Å². The summed E-state index contributed by atoms with van der Waals surface area (Å²) in [5.41, 5.74) is 1.39. The molecule has 2 aromatic carbocycles. The number of nitrogens with zero attached hydrogens (tertiary/aromatic N) is 2. The number of amides is 1. The van der Waals surface area contributed by atoms with Crippen LogP contribution < -0.4 is 4.74 Å². The lowest BCUT2D eigenvalue weighted by atomic mass is 9.94. The van der Waals surface area contributed by atoms with Crippen LogP contribution in [0.2, 0.25) is 0 Å². The molecule has 1 fully saturated rings. The summed E-state index contributed by atoms with van der Waals surface area (Å²) in [6.07, 6.45) is 0.646. The van der Waals surface area contributed by atoms with Crippen LogP contribution in [0.3, 0.4) is 0 Å². The first-order valence-electron chi connectivity index (χ1n) is 11.5. The molecule has 0 saturated carbocycles. The second-order valence-corrected chi connectivity index (χ2v) is 8.95. The lowest BCUT2D eigenvalue weighted by Gasteiger charge is -2.26. The summed E-state index contributed by atoms with van der Waals surface area (Å²) in [4.78, 5) is 41.5. The van der Waals surface area contributed by atoms with E-state index in [0.29, 0.717) is 35.4 Å². The Bertz CT molecular complexity index is 1100. The molecule has 1 N–H and O–H groups in total. The van der Waals surface area contributed by atoms with Crippen molar-refractivity contribution in [2.75, 3.05) is 34.3 Å². The van der Waals surface area contributed by atoms with Crippen LogP contribution in [0.15, 0.2) is 54.1 Å². The minimum absolute atomic E-state index is 0.00472. The number of methoxy groups -OCH3 is 1. The summed E-state index contributed by atoms with van der Waals surface area (Å²) in [6.45, 7) is 4.90. The second kappa shape index (κ2) is 11.2. The fourth-order valence-corrected chi connectivity index (χ4v) is 4.05. The monoisotopic (exact) mass is 480 g/mol. The third-order valence-corrected chi connectivity index (χ3v) is 5.69. The average molecular weight is 481 g/mol. The molecule has 1 aliphatic rings. The molecule has 0 spiro atoms. The Labute approximate surface area is 205 Å². The number of hydrogen-bond acceptors (Lipinski definition) is 7. The number of esters is 1. The minimum atomic E-state index is -0.782. The Morgan fingerprint density at radius 1 is 1.03 bits per heavy atom. The lowest BCUT2D eigenvalue weighted by Crippen LogP contribution is -2.32. The molecule has 2 aromatic rings. The van der Waals surface area contributed by atoms with Crippen LogP contribution in [0.5, 0.6) is 5.75 Å². The Balaban J connectivity index is 2.05. The molecule has 35 heavy (non-hydrogen) atoms. The van der Waals surface area contributed by atoms with Crippen molar-refractivity contribution in [1.82, 2.24) is 9.80 Å². The molecule has 1 unspecified atom stereocenters. The van der Waals surface area contributed by atoms with E-state index >= 15 is 0 Å². The zero-order chi connectivity index (χ0) is 25.7. The Morgan fingerprint density at radius 3 is 2.17 bits per heavy atom.